The van der Waals surface area contributed by atoms with Crippen molar-refractivity contribution >= 4 is 12.6 Å². The van der Waals surface area contributed by atoms with Gasteiger partial charge in [-0.1, -0.05) is 0 Å². The second kappa shape index (κ2) is 26.4. The number of hydrogen-bond donors (Lipinski definition) is 0. The van der Waals surface area contributed by atoms with Crippen molar-refractivity contribution < 1.29 is 31.3 Å². The average Bonchev–Trinajstić information content (AvgIpc) is 1.88. The molecule has 0 aliphatic heterocycles. The first-order valence-corrected chi connectivity index (χ1v) is 1.68. The number of rotatable bonds is 2. The SMILES string of the molecule is O=C/C=C\C=O.[C-]#[O+].[Fe+2]. The maximum atomic E-state index is 9.32. The number of aldehydes is 2. The van der Waals surface area contributed by atoms with Crippen molar-refractivity contribution in [3.63, 3.8) is 0 Å². The molecule has 0 heterocycles. The standard InChI is InChI=1S/C4H4O2.CO.Fe/c5-3-1-2-4-6;1-2;/h1-4H;;/q;;+2/b2-1-;;. The summed E-state index contributed by atoms with van der Waals surface area (Å²) in [6, 6.07) is 0. The zero-order valence-corrected chi connectivity index (χ0v) is 5.49. The van der Waals surface area contributed by atoms with Crippen LogP contribution < -0.4 is 0 Å². The van der Waals surface area contributed by atoms with Gasteiger partial charge in [-0.15, -0.1) is 0 Å². The molecule has 0 spiro atoms. The van der Waals surface area contributed by atoms with Crippen molar-refractivity contribution in [1.82, 2.24) is 0 Å². The van der Waals surface area contributed by atoms with Gasteiger partial charge in [-0.25, -0.2) is 0 Å². The van der Waals surface area contributed by atoms with Gasteiger partial charge in [0.1, 0.15) is 12.6 Å². The summed E-state index contributed by atoms with van der Waals surface area (Å²) in [5.74, 6) is 0. The van der Waals surface area contributed by atoms with Crippen molar-refractivity contribution in [1.29, 1.82) is 0 Å². The van der Waals surface area contributed by atoms with Gasteiger partial charge in [0.2, 0.25) is 0 Å². The molecule has 0 N–H and O–H groups in total. The summed E-state index contributed by atoms with van der Waals surface area (Å²) < 4.78 is 7.50. The molecule has 4 heteroatoms. The number of carbonyl (C=O) groups excluding carboxylic acids is 2. The van der Waals surface area contributed by atoms with Crippen molar-refractivity contribution in [2.75, 3.05) is 0 Å². The largest absolute Gasteiger partial charge is 2.00 e. The van der Waals surface area contributed by atoms with E-state index in [2.05, 4.69) is 6.65 Å². The Labute approximate surface area is 63.3 Å². The second-order valence-corrected chi connectivity index (χ2v) is 0.657. The fourth-order valence-corrected chi connectivity index (χ4v) is 0.0907. The Morgan fingerprint density at radius 1 is 1.00 bits per heavy atom. The first-order chi connectivity index (χ1) is 3.91. The van der Waals surface area contributed by atoms with Crippen molar-refractivity contribution in [3.05, 3.63) is 18.8 Å². The molecular formula is C5H4FeO3+2. The maximum absolute atomic E-state index is 9.32. The van der Waals surface area contributed by atoms with Crippen LogP contribution in [0.3, 0.4) is 0 Å². The van der Waals surface area contributed by atoms with Crippen LogP contribution in [0.15, 0.2) is 12.2 Å². The Bertz CT molecular complexity index is 96.0. The summed E-state index contributed by atoms with van der Waals surface area (Å²) in [6.07, 6.45) is 3.36. The zero-order chi connectivity index (χ0) is 6.83. The summed E-state index contributed by atoms with van der Waals surface area (Å²) in [5, 5.41) is 0. The number of carbonyl (C=O) groups is 2. The molecule has 0 aromatic heterocycles. The Hall–Kier alpha value is -0.661. The predicted molar refractivity (Wildman–Crippen MR) is 25.2 cm³/mol. The van der Waals surface area contributed by atoms with Crippen LogP contribution in [0.2, 0.25) is 0 Å². The molecule has 0 unspecified atom stereocenters. The van der Waals surface area contributed by atoms with E-state index in [9.17, 15) is 9.59 Å². The number of allylic oxidation sites excluding steroid dienone is 2. The third kappa shape index (κ3) is 38.2. The van der Waals surface area contributed by atoms with Gasteiger partial charge in [-0.05, 0) is 12.2 Å². The van der Waals surface area contributed by atoms with E-state index < -0.39 is 0 Å². The summed E-state index contributed by atoms with van der Waals surface area (Å²) >= 11 is 0. The van der Waals surface area contributed by atoms with Gasteiger partial charge in [0.15, 0.2) is 0 Å². The molecule has 0 aliphatic carbocycles. The molecule has 0 aromatic carbocycles. The monoisotopic (exact) mass is 168 g/mol. The minimum atomic E-state index is 0. The predicted octanol–water partition coefficient (Wildman–Crippen LogP) is -0.0996. The van der Waals surface area contributed by atoms with Gasteiger partial charge < -0.3 is 0 Å². The third-order valence-electron chi connectivity index (χ3n) is 0.268. The average molecular weight is 168 g/mol. The van der Waals surface area contributed by atoms with Gasteiger partial charge in [0.25, 0.3) is 0 Å². The summed E-state index contributed by atoms with van der Waals surface area (Å²) in [7, 11) is 0. The van der Waals surface area contributed by atoms with E-state index in [0.29, 0.717) is 12.6 Å². The third-order valence-corrected chi connectivity index (χ3v) is 0.268. The zero-order valence-electron chi connectivity index (χ0n) is 4.39. The van der Waals surface area contributed by atoms with E-state index in [0.717, 1.165) is 12.2 Å². The van der Waals surface area contributed by atoms with Crippen molar-refractivity contribution in [3.8, 4) is 0 Å². The first kappa shape index (κ1) is 15.8. The molecule has 0 rings (SSSR count). The van der Waals surface area contributed by atoms with Gasteiger partial charge >= 0.3 is 28.4 Å². The Kier molecular flexibility index (Phi) is 46.3. The van der Waals surface area contributed by atoms with Crippen molar-refractivity contribution in [2.45, 2.75) is 0 Å². The fraction of sp³-hybridized carbons (Fsp3) is 0. The Balaban J connectivity index is -0.000000109. The van der Waals surface area contributed by atoms with Gasteiger partial charge in [-0.2, -0.15) is 0 Å². The van der Waals surface area contributed by atoms with Gasteiger partial charge in [-0.3, -0.25) is 9.59 Å². The van der Waals surface area contributed by atoms with Crippen LogP contribution >= 0.6 is 0 Å². The molecule has 3 nitrogen and oxygen atoms in total. The molecule has 0 fully saturated rings. The van der Waals surface area contributed by atoms with Crippen molar-refractivity contribution in [2.24, 2.45) is 0 Å². The van der Waals surface area contributed by atoms with Crippen LogP contribution in [0.1, 0.15) is 0 Å². The normalized spacial score (nSPS) is 6.00. The molecule has 0 radical (unpaired) electrons. The molecule has 9 heavy (non-hydrogen) atoms. The van der Waals surface area contributed by atoms with E-state index in [4.69, 9.17) is 4.65 Å². The minimum Gasteiger partial charge on any atom is 2.00 e. The molecular weight excluding hydrogens is 164 g/mol. The Morgan fingerprint density at radius 2 is 1.22 bits per heavy atom. The van der Waals surface area contributed by atoms with E-state index in [-0.39, 0.29) is 17.1 Å². The smallest absolute Gasteiger partial charge is 2.00 e. The van der Waals surface area contributed by atoms with Gasteiger partial charge in [0, 0.05) is 0 Å². The minimum absolute atomic E-state index is 0. The number of hydrogen-bond acceptors (Lipinski definition) is 2. The van der Waals surface area contributed by atoms with Crippen LogP contribution in [0.5, 0.6) is 0 Å². The molecule has 0 saturated heterocycles. The quantitative estimate of drug-likeness (QED) is 0.190. The van der Waals surface area contributed by atoms with Crippen LogP contribution in [0.25, 0.3) is 0 Å². The van der Waals surface area contributed by atoms with E-state index in [1.54, 1.807) is 0 Å². The van der Waals surface area contributed by atoms with E-state index >= 15 is 0 Å². The van der Waals surface area contributed by atoms with Crippen LogP contribution in [0.4, 0.5) is 0 Å². The topological polar surface area (TPSA) is 54.0 Å². The molecule has 0 bridgehead atoms. The molecule has 48 valence electrons. The molecule has 0 aliphatic rings. The molecule has 0 atom stereocenters. The molecule has 0 aromatic rings. The van der Waals surface area contributed by atoms with Gasteiger partial charge in [0.05, 0.1) is 0 Å². The van der Waals surface area contributed by atoms with E-state index in [1.165, 1.54) is 0 Å². The van der Waals surface area contributed by atoms with E-state index in [1.807, 2.05) is 0 Å². The second-order valence-electron chi connectivity index (χ2n) is 0.657. The summed E-state index contributed by atoms with van der Waals surface area (Å²) in [5.41, 5.74) is 0. The summed E-state index contributed by atoms with van der Waals surface area (Å²) in [4.78, 5) is 18.6. The van der Waals surface area contributed by atoms with Crippen LogP contribution in [-0.2, 0) is 31.3 Å². The fourth-order valence-electron chi connectivity index (χ4n) is 0.0907. The molecule has 0 saturated carbocycles. The molecule has 0 amide bonds. The Morgan fingerprint density at radius 3 is 1.33 bits per heavy atom. The van der Waals surface area contributed by atoms with Crippen LogP contribution in [-0.4, -0.2) is 12.6 Å². The summed E-state index contributed by atoms with van der Waals surface area (Å²) in [6.45, 7) is 4.50. The maximum Gasteiger partial charge on any atom is 2.00 e. The van der Waals surface area contributed by atoms with Crippen LogP contribution in [0, 0.1) is 6.65 Å². The first-order valence-electron chi connectivity index (χ1n) is 1.68.